The minimum Gasteiger partial charge on any atom is -0.384 e. The van der Waals surface area contributed by atoms with Crippen LogP contribution in [0.15, 0.2) is 30.4 Å². The van der Waals surface area contributed by atoms with Crippen molar-refractivity contribution >= 4 is 5.69 Å². The summed E-state index contributed by atoms with van der Waals surface area (Å²) in [5.41, 5.74) is 3.48. The zero-order valence-electron chi connectivity index (χ0n) is 8.31. The molecule has 0 aliphatic carbocycles. The van der Waals surface area contributed by atoms with Crippen LogP contribution in [0.2, 0.25) is 0 Å². The van der Waals surface area contributed by atoms with E-state index in [-0.39, 0.29) is 0 Å². The van der Waals surface area contributed by atoms with E-state index in [9.17, 15) is 4.39 Å². The Morgan fingerprint density at radius 1 is 1.57 bits per heavy atom. The number of fused-ring (bicyclic) bond motifs is 1. The van der Waals surface area contributed by atoms with Crippen molar-refractivity contribution in [2.45, 2.75) is 19.5 Å². The smallest absolute Gasteiger partial charge is 0.148 e. The van der Waals surface area contributed by atoms with E-state index in [0.717, 1.165) is 24.2 Å². The van der Waals surface area contributed by atoms with Crippen LogP contribution in [0.4, 0.5) is 10.1 Å². The first-order valence-corrected chi connectivity index (χ1v) is 4.85. The molecular formula is C12H14FN. The van der Waals surface area contributed by atoms with Crippen LogP contribution in [0.25, 0.3) is 0 Å². The van der Waals surface area contributed by atoms with Crippen molar-refractivity contribution < 1.29 is 4.39 Å². The molecule has 1 N–H and O–H groups in total. The van der Waals surface area contributed by atoms with Crippen LogP contribution < -0.4 is 5.32 Å². The van der Waals surface area contributed by atoms with Crippen LogP contribution in [-0.4, -0.2) is 6.54 Å². The third kappa shape index (κ3) is 1.41. The largest absolute Gasteiger partial charge is 0.384 e. The molecule has 1 aromatic rings. The van der Waals surface area contributed by atoms with Crippen molar-refractivity contribution in [1.82, 2.24) is 0 Å². The number of para-hydroxylation sites is 1. The van der Waals surface area contributed by atoms with Crippen LogP contribution in [0, 0.1) is 0 Å². The molecule has 2 rings (SSSR count). The van der Waals surface area contributed by atoms with Crippen LogP contribution in [0.3, 0.4) is 0 Å². The number of halogens is 1. The van der Waals surface area contributed by atoms with E-state index in [4.69, 9.17) is 0 Å². The molecule has 14 heavy (non-hydrogen) atoms. The number of anilines is 1. The van der Waals surface area contributed by atoms with Gasteiger partial charge in [0.05, 0.1) is 0 Å². The second-order valence-electron chi connectivity index (χ2n) is 3.77. The molecule has 1 nitrogen and oxygen atoms in total. The maximum Gasteiger partial charge on any atom is 0.148 e. The molecule has 1 aliphatic heterocycles. The van der Waals surface area contributed by atoms with Crippen molar-refractivity contribution in [3.05, 3.63) is 41.5 Å². The molecule has 74 valence electrons. The van der Waals surface area contributed by atoms with Gasteiger partial charge < -0.3 is 5.32 Å². The molecule has 1 unspecified atom stereocenters. The molecular weight excluding hydrogens is 177 g/mol. The topological polar surface area (TPSA) is 12.0 Å². The van der Waals surface area contributed by atoms with Crippen molar-refractivity contribution in [3.63, 3.8) is 0 Å². The van der Waals surface area contributed by atoms with Gasteiger partial charge in [-0.1, -0.05) is 24.8 Å². The molecule has 1 aromatic carbocycles. The Labute approximate surface area is 83.6 Å². The lowest BCUT2D eigenvalue weighted by Gasteiger charge is -2.12. The summed E-state index contributed by atoms with van der Waals surface area (Å²) in [6.07, 6.45) is -0.0536. The average Bonchev–Trinajstić information content (AvgIpc) is 2.63. The minimum absolute atomic E-state index is 0.562. The number of rotatable bonds is 2. The van der Waals surface area contributed by atoms with Gasteiger partial charge in [0.2, 0.25) is 0 Å². The highest BCUT2D eigenvalue weighted by Gasteiger charge is 2.19. The summed E-state index contributed by atoms with van der Waals surface area (Å²) < 4.78 is 13.8. The van der Waals surface area contributed by atoms with E-state index in [1.807, 2.05) is 18.2 Å². The van der Waals surface area contributed by atoms with Gasteiger partial charge in [-0.3, -0.25) is 0 Å². The Morgan fingerprint density at radius 3 is 3.07 bits per heavy atom. The first-order chi connectivity index (χ1) is 6.70. The van der Waals surface area contributed by atoms with Crippen molar-refractivity contribution in [1.29, 1.82) is 0 Å². The minimum atomic E-state index is -1.05. The molecule has 0 saturated carbocycles. The van der Waals surface area contributed by atoms with Crippen LogP contribution in [0.1, 0.15) is 24.2 Å². The third-order valence-corrected chi connectivity index (χ3v) is 2.58. The Balaban J connectivity index is 2.44. The summed E-state index contributed by atoms with van der Waals surface area (Å²) in [4.78, 5) is 0. The Morgan fingerprint density at radius 2 is 2.36 bits per heavy atom. The van der Waals surface area contributed by atoms with Crippen molar-refractivity contribution in [2.75, 3.05) is 11.9 Å². The second-order valence-corrected chi connectivity index (χ2v) is 3.77. The second kappa shape index (κ2) is 3.45. The fourth-order valence-electron chi connectivity index (χ4n) is 1.84. The van der Waals surface area contributed by atoms with E-state index in [1.54, 1.807) is 6.92 Å². The summed E-state index contributed by atoms with van der Waals surface area (Å²) in [6, 6.07) is 5.79. The Hall–Kier alpha value is -1.31. The van der Waals surface area contributed by atoms with Gasteiger partial charge in [-0.05, 0) is 24.5 Å². The zero-order chi connectivity index (χ0) is 10.1. The molecule has 0 fully saturated rings. The summed E-state index contributed by atoms with van der Waals surface area (Å²) in [7, 11) is 0. The quantitative estimate of drug-likeness (QED) is 0.707. The molecule has 2 heteroatoms. The highest BCUT2D eigenvalue weighted by molar-refractivity contribution is 5.62. The Bertz CT molecular complexity index is 371. The molecule has 1 atom stereocenters. The van der Waals surface area contributed by atoms with E-state index in [1.165, 1.54) is 5.56 Å². The summed E-state index contributed by atoms with van der Waals surface area (Å²) in [5, 5.41) is 3.22. The van der Waals surface area contributed by atoms with Gasteiger partial charge in [0, 0.05) is 17.8 Å². The van der Waals surface area contributed by atoms with E-state index in [2.05, 4.69) is 11.9 Å². The SMILES string of the molecule is C=C(C)C(F)c1cccc2c1NCC2. The van der Waals surface area contributed by atoms with Gasteiger partial charge in [-0.15, -0.1) is 0 Å². The van der Waals surface area contributed by atoms with Crippen LogP contribution in [0.5, 0.6) is 0 Å². The lowest BCUT2D eigenvalue weighted by molar-refractivity contribution is 0.397. The predicted octanol–water partition coefficient (Wildman–Crippen LogP) is 3.24. The fourth-order valence-corrected chi connectivity index (χ4v) is 1.84. The Kier molecular flexibility index (Phi) is 2.28. The van der Waals surface area contributed by atoms with Gasteiger partial charge in [0.1, 0.15) is 6.17 Å². The molecule has 0 aromatic heterocycles. The van der Waals surface area contributed by atoms with E-state index < -0.39 is 6.17 Å². The number of allylic oxidation sites excluding steroid dienone is 1. The molecule has 0 bridgehead atoms. The van der Waals surface area contributed by atoms with Gasteiger partial charge in [-0.2, -0.15) is 0 Å². The number of hydrogen-bond donors (Lipinski definition) is 1. The molecule has 0 spiro atoms. The van der Waals surface area contributed by atoms with E-state index >= 15 is 0 Å². The average molecular weight is 191 g/mol. The number of hydrogen-bond acceptors (Lipinski definition) is 1. The predicted molar refractivity (Wildman–Crippen MR) is 57.3 cm³/mol. The lowest BCUT2D eigenvalue weighted by atomic mass is 10.0. The molecule has 0 radical (unpaired) electrons. The molecule has 1 aliphatic rings. The normalized spacial score (nSPS) is 15.9. The van der Waals surface area contributed by atoms with Crippen molar-refractivity contribution in [2.24, 2.45) is 0 Å². The third-order valence-electron chi connectivity index (χ3n) is 2.58. The number of nitrogens with one attached hydrogen (secondary N) is 1. The molecule has 0 amide bonds. The fraction of sp³-hybridized carbons (Fsp3) is 0.333. The van der Waals surface area contributed by atoms with E-state index in [0.29, 0.717) is 5.57 Å². The summed E-state index contributed by atoms with van der Waals surface area (Å²) in [6.45, 7) is 6.29. The first kappa shape index (κ1) is 9.25. The van der Waals surface area contributed by atoms with Gasteiger partial charge in [0.25, 0.3) is 0 Å². The highest BCUT2D eigenvalue weighted by Crippen LogP contribution is 2.35. The monoisotopic (exact) mass is 191 g/mol. The summed E-state index contributed by atoms with van der Waals surface area (Å²) >= 11 is 0. The molecule has 0 saturated heterocycles. The highest BCUT2D eigenvalue weighted by atomic mass is 19.1. The number of alkyl halides is 1. The van der Waals surface area contributed by atoms with Gasteiger partial charge in [0.15, 0.2) is 0 Å². The standard InChI is InChI=1S/C12H14FN/c1-8(2)11(13)10-5-3-4-9-6-7-14-12(9)10/h3-5,11,14H,1,6-7H2,2H3. The van der Waals surface area contributed by atoms with Gasteiger partial charge >= 0.3 is 0 Å². The van der Waals surface area contributed by atoms with Crippen LogP contribution in [-0.2, 0) is 6.42 Å². The number of benzene rings is 1. The van der Waals surface area contributed by atoms with Crippen LogP contribution >= 0.6 is 0 Å². The van der Waals surface area contributed by atoms with Gasteiger partial charge in [-0.25, -0.2) is 4.39 Å². The molecule has 1 heterocycles. The summed E-state index contributed by atoms with van der Waals surface area (Å²) in [5.74, 6) is 0. The maximum absolute atomic E-state index is 13.8. The zero-order valence-corrected chi connectivity index (χ0v) is 8.31. The lowest BCUT2D eigenvalue weighted by Crippen LogP contribution is -1.99. The van der Waals surface area contributed by atoms with Crippen molar-refractivity contribution in [3.8, 4) is 0 Å². The first-order valence-electron chi connectivity index (χ1n) is 4.85. The maximum atomic E-state index is 13.8.